The maximum Gasteiger partial charge on any atom is 0.132 e. The lowest BCUT2D eigenvalue weighted by Gasteiger charge is -2.23. The van der Waals surface area contributed by atoms with Gasteiger partial charge < -0.3 is 10.6 Å². The van der Waals surface area contributed by atoms with Gasteiger partial charge in [0.1, 0.15) is 12.1 Å². The van der Waals surface area contributed by atoms with E-state index < -0.39 is 0 Å². The van der Waals surface area contributed by atoms with Crippen molar-refractivity contribution in [2.45, 2.75) is 32.6 Å². The van der Waals surface area contributed by atoms with Crippen molar-refractivity contribution in [2.24, 2.45) is 11.7 Å². The summed E-state index contributed by atoms with van der Waals surface area (Å²) in [6, 6.07) is 2.09. The van der Waals surface area contributed by atoms with Gasteiger partial charge in [0.2, 0.25) is 0 Å². The van der Waals surface area contributed by atoms with E-state index in [2.05, 4.69) is 27.9 Å². The minimum absolute atomic E-state index is 0.646. The Labute approximate surface area is 103 Å². The SMILES string of the molecule is CCCN(CC1CC1)c1cc(CCN)ncn1. The van der Waals surface area contributed by atoms with Gasteiger partial charge in [-0.15, -0.1) is 0 Å². The van der Waals surface area contributed by atoms with E-state index in [4.69, 9.17) is 5.73 Å². The number of nitrogens with zero attached hydrogens (tertiary/aromatic N) is 3. The molecule has 4 nitrogen and oxygen atoms in total. The zero-order valence-electron chi connectivity index (χ0n) is 10.6. The number of aromatic nitrogens is 2. The van der Waals surface area contributed by atoms with E-state index in [1.165, 1.54) is 12.8 Å². The highest BCUT2D eigenvalue weighted by Crippen LogP contribution is 2.31. The first-order valence-electron chi connectivity index (χ1n) is 6.59. The normalized spacial score (nSPS) is 14.9. The Bertz CT molecular complexity index is 349. The molecule has 2 rings (SSSR count). The summed E-state index contributed by atoms with van der Waals surface area (Å²) in [4.78, 5) is 11.0. The molecule has 0 aromatic carbocycles. The molecule has 4 heteroatoms. The summed E-state index contributed by atoms with van der Waals surface area (Å²) in [7, 11) is 0. The Morgan fingerprint density at radius 1 is 1.41 bits per heavy atom. The molecule has 1 heterocycles. The van der Waals surface area contributed by atoms with Crippen LogP contribution in [-0.2, 0) is 6.42 Å². The third kappa shape index (κ3) is 3.66. The Kier molecular flexibility index (Phi) is 4.31. The lowest BCUT2D eigenvalue weighted by atomic mass is 10.2. The molecular weight excluding hydrogens is 212 g/mol. The quantitative estimate of drug-likeness (QED) is 0.778. The van der Waals surface area contributed by atoms with Crippen molar-refractivity contribution in [3.05, 3.63) is 18.1 Å². The standard InChI is InChI=1S/C13H22N4/c1-2-7-17(9-11-3-4-11)13-8-12(5-6-14)15-10-16-13/h8,10-11H,2-7,9,14H2,1H3. The first-order chi connectivity index (χ1) is 8.33. The van der Waals surface area contributed by atoms with Gasteiger partial charge in [-0.25, -0.2) is 9.97 Å². The van der Waals surface area contributed by atoms with Gasteiger partial charge in [-0.05, 0) is 31.7 Å². The summed E-state index contributed by atoms with van der Waals surface area (Å²) < 4.78 is 0. The number of hydrogen-bond acceptors (Lipinski definition) is 4. The second-order valence-electron chi connectivity index (χ2n) is 4.80. The first-order valence-corrected chi connectivity index (χ1v) is 6.59. The fourth-order valence-corrected chi connectivity index (χ4v) is 2.02. The van der Waals surface area contributed by atoms with Gasteiger partial charge in [-0.1, -0.05) is 6.92 Å². The molecule has 17 heavy (non-hydrogen) atoms. The minimum atomic E-state index is 0.646. The highest BCUT2D eigenvalue weighted by Gasteiger charge is 2.24. The van der Waals surface area contributed by atoms with Crippen LogP contribution >= 0.6 is 0 Å². The smallest absolute Gasteiger partial charge is 0.132 e. The number of nitrogens with two attached hydrogens (primary N) is 1. The van der Waals surface area contributed by atoms with Gasteiger partial charge in [-0.3, -0.25) is 0 Å². The van der Waals surface area contributed by atoms with E-state index in [0.29, 0.717) is 6.54 Å². The monoisotopic (exact) mass is 234 g/mol. The van der Waals surface area contributed by atoms with Crippen molar-refractivity contribution in [3.8, 4) is 0 Å². The molecule has 1 fully saturated rings. The Morgan fingerprint density at radius 2 is 2.24 bits per heavy atom. The van der Waals surface area contributed by atoms with Gasteiger partial charge in [0.25, 0.3) is 0 Å². The summed E-state index contributed by atoms with van der Waals surface area (Å²) in [5.41, 5.74) is 6.61. The van der Waals surface area contributed by atoms with Gasteiger partial charge in [-0.2, -0.15) is 0 Å². The van der Waals surface area contributed by atoms with Gasteiger partial charge in [0.05, 0.1) is 0 Å². The largest absolute Gasteiger partial charge is 0.356 e. The molecule has 0 saturated heterocycles. The van der Waals surface area contributed by atoms with Crippen LogP contribution in [0, 0.1) is 5.92 Å². The summed E-state index contributed by atoms with van der Waals surface area (Å²) in [6.45, 7) is 5.08. The maximum atomic E-state index is 5.56. The van der Waals surface area contributed by atoms with Crippen molar-refractivity contribution >= 4 is 5.82 Å². The predicted molar refractivity (Wildman–Crippen MR) is 70.0 cm³/mol. The molecular formula is C13H22N4. The molecule has 1 aliphatic carbocycles. The van der Waals surface area contributed by atoms with E-state index in [1.54, 1.807) is 6.33 Å². The van der Waals surface area contributed by atoms with Crippen LogP contribution in [0.5, 0.6) is 0 Å². The molecule has 2 N–H and O–H groups in total. The molecule has 1 aromatic rings. The molecule has 0 amide bonds. The summed E-state index contributed by atoms with van der Waals surface area (Å²) >= 11 is 0. The summed E-state index contributed by atoms with van der Waals surface area (Å²) in [6.07, 6.45) is 6.40. The predicted octanol–water partition coefficient (Wildman–Crippen LogP) is 1.60. The van der Waals surface area contributed by atoms with Crippen LogP contribution in [0.1, 0.15) is 31.9 Å². The summed E-state index contributed by atoms with van der Waals surface area (Å²) in [5.74, 6) is 1.95. The molecule has 1 aromatic heterocycles. The van der Waals surface area contributed by atoms with E-state index in [1.807, 2.05) is 0 Å². The van der Waals surface area contributed by atoms with Crippen molar-refractivity contribution < 1.29 is 0 Å². The third-order valence-corrected chi connectivity index (χ3v) is 3.10. The third-order valence-electron chi connectivity index (χ3n) is 3.10. The van der Waals surface area contributed by atoms with Crippen molar-refractivity contribution in [1.29, 1.82) is 0 Å². The van der Waals surface area contributed by atoms with Crippen molar-refractivity contribution in [1.82, 2.24) is 9.97 Å². The number of hydrogen-bond donors (Lipinski definition) is 1. The van der Waals surface area contributed by atoms with E-state index in [9.17, 15) is 0 Å². The van der Waals surface area contributed by atoms with E-state index in [-0.39, 0.29) is 0 Å². The Morgan fingerprint density at radius 3 is 2.88 bits per heavy atom. The topological polar surface area (TPSA) is 55.0 Å². The molecule has 0 bridgehead atoms. The zero-order valence-corrected chi connectivity index (χ0v) is 10.6. The van der Waals surface area contributed by atoms with Crippen LogP contribution in [0.15, 0.2) is 12.4 Å². The van der Waals surface area contributed by atoms with Gasteiger partial charge >= 0.3 is 0 Å². The fraction of sp³-hybridized carbons (Fsp3) is 0.692. The average Bonchev–Trinajstić information content (AvgIpc) is 3.13. The van der Waals surface area contributed by atoms with Crippen LogP contribution in [0.4, 0.5) is 5.82 Å². The van der Waals surface area contributed by atoms with Crippen molar-refractivity contribution in [2.75, 3.05) is 24.5 Å². The number of rotatable bonds is 7. The Balaban J connectivity index is 2.06. The van der Waals surface area contributed by atoms with Crippen molar-refractivity contribution in [3.63, 3.8) is 0 Å². The zero-order chi connectivity index (χ0) is 12.1. The number of anilines is 1. The molecule has 0 spiro atoms. The lowest BCUT2D eigenvalue weighted by molar-refractivity contribution is 0.696. The molecule has 0 aliphatic heterocycles. The van der Waals surface area contributed by atoms with Crippen LogP contribution in [0.3, 0.4) is 0 Å². The van der Waals surface area contributed by atoms with Gasteiger partial charge in [0.15, 0.2) is 0 Å². The first kappa shape index (κ1) is 12.3. The van der Waals surface area contributed by atoms with E-state index >= 15 is 0 Å². The van der Waals surface area contributed by atoms with Crippen LogP contribution < -0.4 is 10.6 Å². The Hall–Kier alpha value is -1.16. The molecule has 1 aliphatic rings. The second kappa shape index (κ2) is 5.96. The van der Waals surface area contributed by atoms with Crippen LogP contribution in [-0.4, -0.2) is 29.6 Å². The second-order valence-corrected chi connectivity index (χ2v) is 4.80. The molecule has 1 saturated carbocycles. The van der Waals surface area contributed by atoms with Crippen LogP contribution in [0.25, 0.3) is 0 Å². The summed E-state index contributed by atoms with van der Waals surface area (Å²) in [5, 5.41) is 0. The molecule has 94 valence electrons. The fourth-order valence-electron chi connectivity index (χ4n) is 2.02. The van der Waals surface area contributed by atoms with Gasteiger partial charge in [0, 0.05) is 31.3 Å². The molecule has 0 atom stereocenters. The van der Waals surface area contributed by atoms with Crippen LogP contribution in [0.2, 0.25) is 0 Å². The highest BCUT2D eigenvalue weighted by atomic mass is 15.2. The highest BCUT2D eigenvalue weighted by molar-refractivity contribution is 5.39. The maximum absolute atomic E-state index is 5.56. The average molecular weight is 234 g/mol. The molecule has 0 unspecified atom stereocenters. The molecule has 0 radical (unpaired) electrons. The minimum Gasteiger partial charge on any atom is -0.356 e. The van der Waals surface area contributed by atoms with E-state index in [0.717, 1.165) is 43.4 Å². The lowest BCUT2D eigenvalue weighted by Crippen LogP contribution is -2.27.